The number of carbonyl (C=O) groups is 1. The minimum atomic E-state index is -0.799. The maximum Gasteiger partial charge on any atom is 0.243 e. The van der Waals surface area contributed by atoms with Crippen molar-refractivity contribution in [1.29, 1.82) is 0 Å². The van der Waals surface area contributed by atoms with Crippen molar-refractivity contribution in [2.45, 2.75) is 12.0 Å². The summed E-state index contributed by atoms with van der Waals surface area (Å²) in [7, 11) is 0. The summed E-state index contributed by atoms with van der Waals surface area (Å²) < 4.78 is 13.5. The van der Waals surface area contributed by atoms with Gasteiger partial charge in [-0.25, -0.2) is 4.39 Å². The molecule has 1 aliphatic rings. The molecule has 1 aromatic rings. The van der Waals surface area contributed by atoms with Gasteiger partial charge in [0.05, 0.1) is 5.69 Å². The van der Waals surface area contributed by atoms with Crippen molar-refractivity contribution < 1.29 is 9.18 Å². The Hall–Kier alpha value is -1.23. The van der Waals surface area contributed by atoms with Crippen molar-refractivity contribution in [2.75, 3.05) is 16.8 Å². The third-order valence-electron chi connectivity index (χ3n) is 2.74. The molecule has 1 aliphatic heterocycles. The first-order valence-electron chi connectivity index (χ1n) is 5.04. The van der Waals surface area contributed by atoms with Crippen LogP contribution >= 0.6 is 11.8 Å². The van der Waals surface area contributed by atoms with Gasteiger partial charge in [0.1, 0.15) is 11.4 Å². The molecule has 1 atom stereocenters. The summed E-state index contributed by atoms with van der Waals surface area (Å²) >= 11 is 1.65. The van der Waals surface area contributed by atoms with Crippen LogP contribution in [-0.4, -0.2) is 23.0 Å². The second kappa shape index (κ2) is 4.33. The van der Waals surface area contributed by atoms with Gasteiger partial charge in [0, 0.05) is 5.75 Å². The molecule has 2 rings (SSSR count). The summed E-state index contributed by atoms with van der Waals surface area (Å²) in [4.78, 5) is 11.5. The number of amides is 1. The van der Waals surface area contributed by atoms with Gasteiger partial charge in [-0.3, -0.25) is 4.79 Å². The molecule has 0 radical (unpaired) electrons. The molecule has 3 nitrogen and oxygen atoms in total. The van der Waals surface area contributed by atoms with E-state index >= 15 is 0 Å². The molecule has 1 fully saturated rings. The number of hydrogen-bond donors (Lipinski definition) is 2. The summed E-state index contributed by atoms with van der Waals surface area (Å²) in [6, 6.07) is 6.31. The maximum absolute atomic E-state index is 13.5. The van der Waals surface area contributed by atoms with E-state index in [0.29, 0.717) is 17.9 Å². The van der Waals surface area contributed by atoms with Gasteiger partial charge >= 0.3 is 0 Å². The van der Waals surface area contributed by atoms with Gasteiger partial charge in [0.15, 0.2) is 0 Å². The minimum absolute atomic E-state index is 0.337. The highest BCUT2D eigenvalue weighted by Crippen LogP contribution is 2.31. The van der Waals surface area contributed by atoms with Crippen molar-refractivity contribution in [2.24, 2.45) is 5.73 Å². The van der Waals surface area contributed by atoms with Gasteiger partial charge < -0.3 is 11.1 Å². The molecule has 1 heterocycles. The van der Waals surface area contributed by atoms with E-state index in [2.05, 4.69) is 5.32 Å². The number of para-hydroxylation sites is 1. The molecule has 86 valence electrons. The van der Waals surface area contributed by atoms with Crippen molar-refractivity contribution >= 4 is 23.4 Å². The Morgan fingerprint density at radius 1 is 1.50 bits per heavy atom. The first kappa shape index (κ1) is 11.3. The molecule has 0 spiro atoms. The number of nitrogens with two attached hydrogens (primary N) is 1. The van der Waals surface area contributed by atoms with Crippen LogP contribution in [0, 0.1) is 5.82 Å². The number of carbonyl (C=O) groups excluding carboxylic acids is 1. The van der Waals surface area contributed by atoms with E-state index in [1.165, 1.54) is 6.07 Å². The van der Waals surface area contributed by atoms with Gasteiger partial charge in [-0.1, -0.05) is 12.1 Å². The van der Waals surface area contributed by atoms with Crippen molar-refractivity contribution in [3.8, 4) is 0 Å². The zero-order chi connectivity index (χ0) is 11.6. The van der Waals surface area contributed by atoms with Crippen LogP contribution in [0.4, 0.5) is 10.1 Å². The Balaban J connectivity index is 2.25. The first-order chi connectivity index (χ1) is 7.64. The largest absolute Gasteiger partial charge is 0.368 e. The van der Waals surface area contributed by atoms with Gasteiger partial charge in [0.2, 0.25) is 5.91 Å². The summed E-state index contributed by atoms with van der Waals surface area (Å²) in [5.41, 5.74) is 4.93. The number of benzene rings is 1. The predicted molar refractivity (Wildman–Crippen MR) is 63.9 cm³/mol. The maximum atomic E-state index is 13.5. The summed E-state index contributed by atoms with van der Waals surface area (Å²) in [6.45, 7) is 0. The molecule has 1 unspecified atom stereocenters. The van der Waals surface area contributed by atoms with Crippen LogP contribution in [0.3, 0.4) is 0 Å². The molecule has 1 amide bonds. The fraction of sp³-hybridized carbons (Fsp3) is 0.364. The third kappa shape index (κ3) is 2.00. The molecule has 3 N–H and O–H groups in total. The van der Waals surface area contributed by atoms with E-state index in [4.69, 9.17) is 5.73 Å². The zero-order valence-corrected chi connectivity index (χ0v) is 9.52. The van der Waals surface area contributed by atoms with Crippen molar-refractivity contribution in [3.63, 3.8) is 0 Å². The molecule has 5 heteroatoms. The van der Waals surface area contributed by atoms with Crippen molar-refractivity contribution in [3.05, 3.63) is 30.1 Å². The summed E-state index contributed by atoms with van der Waals surface area (Å²) in [6.07, 6.45) is 0.640. The molecular weight excluding hydrogens is 227 g/mol. The van der Waals surface area contributed by atoms with E-state index in [1.54, 1.807) is 30.0 Å². The Morgan fingerprint density at radius 3 is 2.81 bits per heavy atom. The number of anilines is 1. The molecular formula is C11H13FN2OS. The zero-order valence-electron chi connectivity index (χ0n) is 8.70. The number of primary amides is 1. The van der Waals surface area contributed by atoms with Crippen LogP contribution in [0.15, 0.2) is 24.3 Å². The molecule has 0 saturated carbocycles. The highest BCUT2D eigenvalue weighted by molar-refractivity contribution is 7.99. The van der Waals surface area contributed by atoms with E-state index < -0.39 is 11.4 Å². The third-order valence-corrected chi connectivity index (χ3v) is 3.93. The predicted octanol–water partition coefficient (Wildman–Crippen LogP) is 1.60. The number of nitrogens with one attached hydrogen (secondary N) is 1. The van der Waals surface area contributed by atoms with E-state index in [1.807, 2.05) is 0 Å². The lowest BCUT2D eigenvalue weighted by Gasteiger charge is -2.27. The number of hydrogen-bond acceptors (Lipinski definition) is 3. The molecule has 0 bridgehead atoms. The monoisotopic (exact) mass is 240 g/mol. The van der Waals surface area contributed by atoms with E-state index in [-0.39, 0.29) is 5.82 Å². The van der Waals surface area contributed by atoms with Crippen LogP contribution in [-0.2, 0) is 4.79 Å². The topological polar surface area (TPSA) is 55.1 Å². The van der Waals surface area contributed by atoms with Gasteiger partial charge in [-0.2, -0.15) is 11.8 Å². The highest BCUT2D eigenvalue weighted by atomic mass is 32.2. The average molecular weight is 240 g/mol. The molecule has 1 aromatic carbocycles. The summed E-state index contributed by atoms with van der Waals surface area (Å²) in [5, 5.41) is 2.95. The molecule has 0 aliphatic carbocycles. The second-order valence-corrected chi connectivity index (χ2v) is 4.96. The molecule has 1 saturated heterocycles. The molecule has 0 aromatic heterocycles. The van der Waals surface area contributed by atoms with Crippen LogP contribution in [0.5, 0.6) is 0 Å². The number of thioether (sulfide) groups is 1. The lowest BCUT2D eigenvalue weighted by Crippen LogP contribution is -2.50. The smallest absolute Gasteiger partial charge is 0.243 e. The Kier molecular flexibility index (Phi) is 3.05. The normalized spacial score (nSPS) is 24.3. The van der Waals surface area contributed by atoms with Crippen LogP contribution in [0.1, 0.15) is 6.42 Å². The van der Waals surface area contributed by atoms with Gasteiger partial charge in [-0.15, -0.1) is 0 Å². The van der Waals surface area contributed by atoms with Crippen LogP contribution in [0.25, 0.3) is 0 Å². The summed E-state index contributed by atoms with van der Waals surface area (Å²) in [5.74, 6) is 0.682. The van der Waals surface area contributed by atoms with Crippen molar-refractivity contribution in [1.82, 2.24) is 0 Å². The van der Waals surface area contributed by atoms with Gasteiger partial charge in [-0.05, 0) is 24.3 Å². The Morgan fingerprint density at radius 2 is 2.25 bits per heavy atom. The lowest BCUT2D eigenvalue weighted by molar-refractivity contribution is -0.121. The fourth-order valence-corrected chi connectivity index (χ4v) is 3.08. The average Bonchev–Trinajstić information content (AvgIpc) is 2.71. The minimum Gasteiger partial charge on any atom is -0.368 e. The Labute approximate surface area is 97.6 Å². The standard InChI is InChI=1S/C11H13FN2OS/c12-8-3-1-2-4-9(8)14-11(10(13)15)5-6-16-7-11/h1-4,14H,5-7H2,(H2,13,15). The number of rotatable bonds is 3. The fourth-order valence-electron chi connectivity index (χ4n) is 1.74. The molecule has 16 heavy (non-hydrogen) atoms. The first-order valence-corrected chi connectivity index (χ1v) is 6.20. The van der Waals surface area contributed by atoms with E-state index in [9.17, 15) is 9.18 Å². The quantitative estimate of drug-likeness (QED) is 0.843. The Bertz CT molecular complexity index is 405. The second-order valence-electron chi connectivity index (χ2n) is 3.85. The van der Waals surface area contributed by atoms with Crippen LogP contribution < -0.4 is 11.1 Å². The van der Waals surface area contributed by atoms with Crippen LogP contribution in [0.2, 0.25) is 0 Å². The van der Waals surface area contributed by atoms with Gasteiger partial charge in [0.25, 0.3) is 0 Å². The SMILES string of the molecule is NC(=O)C1(Nc2ccccc2F)CCSC1. The van der Waals surface area contributed by atoms with E-state index in [0.717, 1.165) is 5.75 Å². The highest BCUT2D eigenvalue weighted by Gasteiger charge is 2.40. The lowest BCUT2D eigenvalue weighted by atomic mass is 9.97. The number of halogens is 1.